The Labute approximate surface area is 148 Å². The van der Waals surface area contributed by atoms with E-state index in [1.807, 2.05) is 38.5 Å². The van der Waals surface area contributed by atoms with Crippen LogP contribution in [-0.2, 0) is 4.74 Å². The van der Waals surface area contributed by atoms with E-state index in [4.69, 9.17) is 4.74 Å². The SMILES string of the molecule is Cc1cn(-c2ccc3c(c2)[C@H](NC(=O)OC(C)(C)C)C[C@H](C)N3)cn1. The molecule has 0 bridgehead atoms. The van der Waals surface area contributed by atoms with Crippen molar-refractivity contribution in [1.82, 2.24) is 14.9 Å². The van der Waals surface area contributed by atoms with Gasteiger partial charge in [0.1, 0.15) is 5.60 Å². The fraction of sp³-hybridized carbons (Fsp3) is 0.474. The van der Waals surface area contributed by atoms with Crippen LogP contribution >= 0.6 is 0 Å². The number of imidazole rings is 1. The van der Waals surface area contributed by atoms with E-state index in [0.29, 0.717) is 0 Å². The lowest BCUT2D eigenvalue weighted by Crippen LogP contribution is -2.39. The van der Waals surface area contributed by atoms with Crippen LogP contribution in [0.2, 0.25) is 0 Å². The molecule has 0 saturated heterocycles. The third kappa shape index (κ3) is 4.13. The summed E-state index contributed by atoms with van der Waals surface area (Å²) >= 11 is 0. The summed E-state index contributed by atoms with van der Waals surface area (Å²) in [6, 6.07) is 6.38. The predicted octanol–water partition coefficient (Wildman–Crippen LogP) is 3.95. The zero-order valence-electron chi connectivity index (χ0n) is 15.5. The maximum absolute atomic E-state index is 12.2. The molecule has 134 valence electrons. The van der Waals surface area contributed by atoms with Crippen molar-refractivity contribution in [3.05, 3.63) is 42.0 Å². The number of carbonyl (C=O) groups excluding carboxylic acids is 1. The van der Waals surface area contributed by atoms with Crippen molar-refractivity contribution in [3.8, 4) is 5.69 Å². The fourth-order valence-corrected chi connectivity index (χ4v) is 3.08. The monoisotopic (exact) mass is 342 g/mol. The van der Waals surface area contributed by atoms with Crippen LogP contribution in [0.5, 0.6) is 0 Å². The molecule has 1 aromatic carbocycles. The number of rotatable bonds is 2. The molecule has 2 heterocycles. The van der Waals surface area contributed by atoms with Gasteiger partial charge < -0.3 is 19.9 Å². The zero-order chi connectivity index (χ0) is 18.2. The Balaban J connectivity index is 1.88. The molecule has 2 aromatic rings. The normalized spacial score (nSPS) is 19.7. The Morgan fingerprint density at radius 1 is 1.40 bits per heavy atom. The molecule has 0 aliphatic carbocycles. The highest BCUT2D eigenvalue weighted by Crippen LogP contribution is 2.34. The van der Waals surface area contributed by atoms with E-state index in [1.165, 1.54) is 0 Å². The van der Waals surface area contributed by atoms with E-state index in [1.54, 1.807) is 6.33 Å². The summed E-state index contributed by atoms with van der Waals surface area (Å²) in [6.07, 6.45) is 4.20. The van der Waals surface area contributed by atoms with Gasteiger partial charge >= 0.3 is 6.09 Å². The summed E-state index contributed by atoms with van der Waals surface area (Å²) in [5.41, 5.74) is 3.58. The first-order valence-electron chi connectivity index (χ1n) is 8.62. The van der Waals surface area contributed by atoms with Gasteiger partial charge in [-0.2, -0.15) is 0 Å². The number of amides is 1. The largest absolute Gasteiger partial charge is 0.444 e. The summed E-state index contributed by atoms with van der Waals surface area (Å²) in [6.45, 7) is 9.67. The molecular weight excluding hydrogens is 316 g/mol. The number of fused-ring (bicyclic) bond motifs is 1. The van der Waals surface area contributed by atoms with Gasteiger partial charge in [-0.15, -0.1) is 0 Å². The minimum Gasteiger partial charge on any atom is -0.444 e. The third-order valence-corrected chi connectivity index (χ3v) is 4.10. The van der Waals surface area contributed by atoms with Crippen LogP contribution in [0, 0.1) is 6.92 Å². The van der Waals surface area contributed by atoms with Crippen LogP contribution in [-0.4, -0.2) is 27.3 Å². The summed E-state index contributed by atoms with van der Waals surface area (Å²) < 4.78 is 7.41. The molecule has 0 radical (unpaired) electrons. The standard InChI is InChI=1S/C19H26N4O2/c1-12-8-17(22-18(24)25-19(3,4)5)15-9-14(6-7-16(15)21-12)23-10-13(2)20-11-23/h6-7,9-12,17,21H,8H2,1-5H3,(H,22,24)/t12-,17+/m0/s1. The Morgan fingerprint density at radius 2 is 2.16 bits per heavy atom. The second kappa shape index (κ2) is 6.43. The minimum atomic E-state index is -0.512. The van der Waals surface area contributed by atoms with Gasteiger partial charge in [0.2, 0.25) is 0 Å². The summed E-state index contributed by atoms with van der Waals surface area (Å²) in [4.78, 5) is 16.5. The van der Waals surface area contributed by atoms with Crippen LogP contribution in [0.25, 0.3) is 5.69 Å². The van der Waals surface area contributed by atoms with Gasteiger partial charge in [0.25, 0.3) is 0 Å². The number of nitrogens with one attached hydrogen (secondary N) is 2. The highest BCUT2D eigenvalue weighted by Gasteiger charge is 2.28. The van der Waals surface area contributed by atoms with E-state index in [0.717, 1.165) is 29.1 Å². The van der Waals surface area contributed by atoms with Crippen LogP contribution in [0.4, 0.5) is 10.5 Å². The molecule has 1 aliphatic rings. The lowest BCUT2D eigenvalue weighted by Gasteiger charge is -2.33. The average molecular weight is 342 g/mol. The van der Waals surface area contributed by atoms with Gasteiger partial charge in [-0.3, -0.25) is 0 Å². The van der Waals surface area contributed by atoms with Gasteiger partial charge in [-0.25, -0.2) is 9.78 Å². The number of alkyl carbamates (subject to hydrolysis) is 1. The van der Waals surface area contributed by atoms with Crippen molar-refractivity contribution in [2.45, 2.75) is 58.7 Å². The number of carbonyl (C=O) groups is 1. The Bertz CT molecular complexity index is 776. The van der Waals surface area contributed by atoms with Crippen molar-refractivity contribution in [1.29, 1.82) is 0 Å². The first-order chi connectivity index (χ1) is 11.7. The molecule has 25 heavy (non-hydrogen) atoms. The van der Waals surface area contributed by atoms with E-state index in [9.17, 15) is 4.79 Å². The third-order valence-electron chi connectivity index (χ3n) is 4.10. The number of anilines is 1. The maximum Gasteiger partial charge on any atom is 0.408 e. The Kier molecular flexibility index (Phi) is 4.45. The number of benzene rings is 1. The number of hydrogen-bond acceptors (Lipinski definition) is 4. The molecular formula is C19H26N4O2. The van der Waals surface area contributed by atoms with Gasteiger partial charge in [0.15, 0.2) is 0 Å². The predicted molar refractivity (Wildman–Crippen MR) is 98.1 cm³/mol. The van der Waals surface area contributed by atoms with Crippen molar-refractivity contribution >= 4 is 11.8 Å². The molecule has 1 aromatic heterocycles. The lowest BCUT2D eigenvalue weighted by molar-refractivity contribution is 0.0499. The van der Waals surface area contributed by atoms with Crippen LogP contribution < -0.4 is 10.6 Å². The van der Waals surface area contributed by atoms with Crippen molar-refractivity contribution in [2.24, 2.45) is 0 Å². The minimum absolute atomic E-state index is 0.0920. The number of aryl methyl sites for hydroxylation is 1. The number of aromatic nitrogens is 2. The van der Waals surface area contributed by atoms with Crippen LogP contribution in [0.15, 0.2) is 30.7 Å². The molecule has 6 heteroatoms. The molecule has 1 aliphatic heterocycles. The molecule has 0 saturated carbocycles. The number of hydrogen-bond donors (Lipinski definition) is 2. The first kappa shape index (κ1) is 17.3. The van der Waals surface area contributed by atoms with E-state index in [2.05, 4.69) is 40.7 Å². The number of ether oxygens (including phenoxy) is 1. The molecule has 1 amide bonds. The smallest absolute Gasteiger partial charge is 0.408 e. The molecule has 0 spiro atoms. The average Bonchev–Trinajstić information content (AvgIpc) is 2.91. The highest BCUT2D eigenvalue weighted by atomic mass is 16.6. The molecule has 2 atom stereocenters. The maximum atomic E-state index is 12.2. The second-order valence-electron chi connectivity index (χ2n) is 7.67. The van der Waals surface area contributed by atoms with Crippen LogP contribution in [0.1, 0.15) is 51.4 Å². The van der Waals surface area contributed by atoms with Gasteiger partial charge in [0, 0.05) is 23.6 Å². The molecule has 2 N–H and O–H groups in total. The number of nitrogens with zero attached hydrogens (tertiary/aromatic N) is 2. The molecule has 0 unspecified atom stereocenters. The summed E-state index contributed by atoms with van der Waals surface area (Å²) in [5.74, 6) is 0. The summed E-state index contributed by atoms with van der Waals surface area (Å²) in [5, 5.41) is 6.50. The van der Waals surface area contributed by atoms with E-state index < -0.39 is 5.60 Å². The van der Waals surface area contributed by atoms with Crippen molar-refractivity contribution in [3.63, 3.8) is 0 Å². The Morgan fingerprint density at radius 3 is 2.80 bits per heavy atom. The van der Waals surface area contributed by atoms with Gasteiger partial charge in [-0.1, -0.05) is 0 Å². The summed E-state index contributed by atoms with van der Waals surface area (Å²) in [7, 11) is 0. The zero-order valence-corrected chi connectivity index (χ0v) is 15.5. The molecule has 6 nitrogen and oxygen atoms in total. The van der Waals surface area contributed by atoms with Crippen molar-refractivity contribution in [2.75, 3.05) is 5.32 Å². The van der Waals surface area contributed by atoms with Gasteiger partial charge in [-0.05, 0) is 64.8 Å². The first-order valence-corrected chi connectivity index (χ1v) is 8.62. The van der Waals surface area contributed by atoms with Gasteiger partial charge in [0.05, 0.1) is 18.1 Å². The fourth-order valence-electron chi connectivity index (χ4n) is 3.08. The highest BCUT2D eigenvalue weighted by molar-refractivity contribution is 5.70. The van der Waals surface area contributed by atoms with E-state index >= 15 is 0 Å². The topological polar surface area (TPSA) is 68.2 Å². The second-order valence-corrected chi connectivity index (χ2v) is 7.67. The lowest BCUT2D eigenvalue weighted by atomic mass is 9.93. The van der Waals surface area contributed by atoms with Crippen molar-refractivity contribution < 1.29 is 9.53 Å². The quantitative estimate of drug-likeness (QED) is 0.867. The Hall–Kier alpha value is -2.50. The van der Waals surface area contributed by atoms with E-state index in [-0.39, 0.29) is 18.2 Å². The molecule has 0 fully saturated rings. The molecule has 3 rings (SSSR count). The van der Waals surface area contributed by atoms with Crippen LogP contribution in [0.3, 0.4) is 0 Å².